The Labute approximate surface area is 158 Å². The average Bonchev–Trinajstić information content (AvgIpc) is 2.67. The number of nitrogens with one attached hydrogen (secondary N) is 2. The standard InChI is InChI=1S/C21H24N2O4/c1-15(12-13-19(24)25)22-21(27)18(14-16-8-4-2-5-9-16)23-20(26)17-10-6-3-7-11-17/h2-11,15,18H,12-14H2,1H3,(H,22,27)(H,23,26)(H,24,25). The van der Waals surface area contributed by atoms with Crippen LogP contribution in [0.3, 0.4) is 0 Å². The van der Waals surface area contributed by atoms with Crippen LogP contribution in [0.5, 0.6) is 0 Å². The number of carbonyl (C=O) groups is 3. The highest BCUT2D eigenvalue weighted by molar-refractivity contribution is 5.97. The van der Waals surface area contributed by atoms with E-state index < -0.39 is 12.0 Å². The minimum Gasteiger partial charge on any atom is -0.481 e. The minimum atomic E-state index is -0.908. The van der Waals surface area contributed by atoms with Gasteiger partial charge in [-0.25, -0.2) is 0 Å². The van der Waals surface area contributed by atoms with Gasteiger partial charge in [0.1, 0.15) is 6.04 Å². The first-order valence-electron chi connectivity index (χ1n) is 8.87. The Morgan fingerprint density at radius 2 is 1.52 bits per heavy atom. The van der Waals surface area contributed by atoms with Crippen LogP contribution in [0, 0.1) is 0 Å². The number of aliphatic carboxylic acids is 1. The molecular weight excluding hydrogens is 344 g/mol. The highest BCUT2D eigenvalue weighted by Crippen LogP contribution is 2.07. The first-order chi connectivity index (χ1) is 13.0. The molecule has 0 spiro atoms. The summed E-state index contributed by atoms with van der Waals surface area (Å²) >= 11 is 0. The van der Waals surface area contributed by atoms with Crippen LogP contribution in [-0.4, -0.2) is 35.0 Å². The van der Waals surface area contributed by atoms with Gasteiger partial charge in [0, 0.05) is 24.4 Å². The number of amides is 2. The molecule has 2 aromatic rings. The summed E-state index contributed by atoms with van der Waals surface area (Å²) in [6, 6.07) is 17.1. The second kappa shape index (κ2) is 10.1. The lowest BCUT2D eigenvalue weighted by molar-refractivity contribution is -0.137. The summed E-state index contributed by atoms with van der Waals surface area (Å²) in [5, 5.41) is 14.4. The topological polar surface area (TPSA) is 95.5 Å². The van der Waals surface area contributed by atoms with E-state index in [0.717, 1.165) is 5.56 Å². The monoisotopic (exact) mass is 368 g/mol. The molecule has 2 amide bonds. The molecule has 2 atom stereocenters. The van der Waals surface area contributed by atoms with E-state index in [2.05, 4.69) is 10.6 Å². The molecule has 0 saturated carbocycles. The van der Waals surface area contributed by atoms with Crippen molar-refractivity contribution in [1.29, 1.82) is 0 Å². The Morgan fingerprint density at radius 3 is 2.11 bits per heavy atom. The zero-order valence-corrected chi connectivity index (χ0v) is 15.2. The molecule has 0 fully saturated rings. The highest BCUT2D eigenvalue weighted by atomic mass is 16.4. The molecule has 2 aromatic carbocycles. The molecule has 0 heterocycles. The zero-order valence-electron chi connectivity index (χ0n) is 15.2. The molecule has 142 valence electrons. The van der Waals surface area contributed by atoms with Crippen molar-refractivity contribution in [3.63, 3.8) is 0 Å². The average molecular weight is 368 g/mol. The fraction of sp³-hybridized carbons (Fsp3) is 0.286. The maximum Gasteiger partial charge on any atom is 0.303 e. The van der Waals surface area contributed by atoms with E-state index >= 15 is 0 Å². The largest absolute Gasteiger partial charge is 0.481 e. The van der Waals surface area contributed by atoms with Gasteiger partial charge in [0.15, 0.2) is 0 Å². The van der Waals surface area contributed by atoms with E-state index in [1.165, 1.54) is 0 Å². The van der Waals surface area contributed by atoms with Gasteiger partial charge in [0.05, 0.1) is 0 Å². The van der Waals surface area contributed by atoms with Crippen molar-refractivity contribution >= 4 is 17.8 Å². The van der Waals surface area contributed by atoms with Crippen LogP contribution >= 0.6 is 0 Å². The quantitative estimate of drug-likeness (QED) is 0.633. The summed E-state index contributed by atoms with van der Waals surface area (Å²) in [6.45, 7) is 1.75. The third kappa shape index (κ3) is 6.93. The maximum absolute atomic E-state index is 12.7. The van der Waals surface area contributed by atoms with Gasteiger partial charge in [0.2, 0.25) is 5.91 Å². The third-order valence-electron chi connectivity index (χ3n) is 4.12. The van der Waals surface area contributed by atoms with Crippen LogP contribution in [0.2, 0.25) is 0 Å². The van der Waals surface area contributed by atoms with Crippen molar-refractivity contribution in [3.05, 3.63) is 71.8 Å². The molecule has 0 saturated heterocycles. The lowest BCUT2D eigenvalue weighted by Gasteiger charge is -2.21. The molecule has 0 aliphatic heterocycles. The number of benzene rings is 2. The molecular formula is C21H24N2O4. The first-order valence-corrected chi connectivity index (χ1v) is 8.87. The smallest absolute Gasteiger partial charge is 0.303 e. The number of hydrogen-bond donors (Lipinski definition) is 3. The van der Waals surface area contributed by atoms with Crippen LogP contribution in [0.4, 0.5) is 0 Å². The molecule has 3 N–H and O–H groups in total. The zero-order chi connectivity index (χ0) is 19.6. The highest BCUT2D eigenvalue weighted by Gasteiger charge is 2.23. The molecule has 0 aliphatic carbocycles. The van der Waals surface area contributed by atoms with Crippen molar-refractivity contribution in [2.24, 2.45) is 0 Å². The van der Waals surface area contributed by atoms with E-state index in [0.29, 0.717) is 18.4 Å². The Kier molecular flexibility index (Phi) is 7.55. The van der Waals surface area contributed by atoms with Gasteiger partial charge in [0.25, 0.3) is 5.91 Å². The van der Waals surface area contributed by atoms with E-state index in [4.69, 9.17) is 5.11 Å². The third-order valence-corrected chi connectivity index (χ3v) is 4.12. The fourth-order valence-electron chi connectivity index (χ4n) is 2.65. The molecule has 2 unspecified atom stereocenters. The van der Waals surface area contributed by atoms with Crippen LogP contribution in [0.25, 0.3) is 0 Å². The molecule has 0 aromatic heterocycles. The molecule has 0 bridgehead atoms. The SMILES string of the molecule is CC(CCC(=O)O)NC(=O)C(Cc1ccccc1)NC(=O)c1ccccc1. The Morgan fingerprint density at radius 1 is 0.926 bits per heavy atom. The van der Waals surface area contributed by atoms with Gasteiger partial charge in [-0.2, -0.15) is 0 Å². The van der Waals surface area contributed by atoms with Crippen molar-refractivity contribution in [3.8, 4) is 0 Å². The summed E-state index contributed by atoms with van der Waals surface area (Å²) in [5.41, 5.74) is 1.39. The van der Waals surface area contributed by atoms with Crippen LogP contribution in [-0.2, 0) is 16.0 Å². The number of hydrogen-bond acceptors (Lipinski definition) is 3. The Hall–Kier alpha value is -3.15. The van der Waals surface area contributed by atoms with Crippen molar-refractivity contribution in [1.82, 2.24) is 10.6 Å². The van der Waals surface area contributed by atoms with Gasteiger partial charge in [-0.15, -0.1) is 0 Å². The second-order valence-electron chi connectivity index (χ2n) is 6.42. The Bertz CT molecular complexity index is 762. The van der Waals surface area contributed by atoms with Gasteiger partial charge in [-0.05, 0) is 31.0 Å². The van der Waals surface area contributed by atoms with Gasteiger partial charge < -0.3 is 15.7 Å². The van der Waals surface area contributed by atoms with E-state index in [-0.39, 0.29) is 24.3 Å². The molecule has 6 heteroatoms. The molecule has 0 aliphatic rings. The Balaban J connectivity index is 2.07. The number of carboxylic acid groups (broad SMARTS) is 1. The molecule has 0 radical (unpaired) electrons. The van der Waals surface area contributed by atoms with Crippen molar-refractivity contribution < 1.29 is 19.5 Å². The lowest BCUT2D eigenvalue weighted by atomic mass is 10.0. The molecule has 27 heavy (non-hydrogen) atoms. The number of rotatable bonds is 9. The number of carbonyl (C=O) groups excluding carboxylic acids is 2. The molecule has 6 nitrogen and oxygen atoms in total. The summed E-state index contributed by atoms with van der Waals surface area (Å²) < 4.78 is 0. The predicted molar refractivity (Wildman–Crippen MR) is 102 cm³/mol. The van der Waals surface area contributed by atoms with Crippen LogP contribution in [0.15, 0.2) is 60.7 Å². The summed E-state index contributed by atoms with van der Waals surface area (Å²) in [4.78, 5) is 35.9. The maximum atomic E-state index is 12.7. The van der Waals surface area contributed by atoms with Gasteiger partial charge >= 0.3 is 5.97 Å². The van der Waals surface area contributed by atoms with Crippen molar-refractivity contribution in [2.75, 3.05) is 0 Å². The summed E-state index contributed by atoms with van der Waals surface area (Å²) in [6.07, 6.45) is 0.643. The van der Waals surface area contributed by atoms with Gasteiger partial charge in [-0.3, -0.25) is 14.4 Å². The lowest BCUT2D eigenvalue weighted by Crippen LogP contribution is -2.50. The van der Waals surface area contributed by atoms with E-state index in [1.54, 1.807) is 31.2 Å². The molecule has 2 rings (SSSR count). The predicted octanol–water partition coefficient (Wildman–Crippen LogP) is 2.40. The summed E-state index contributed by atoms with van der Waals surface area (Å²) in [5.74, 6) is -1.57. The van der Waals surface area contributed by atoms with Crippen molar-refractivity contribution in [2.45, 2.75) is 38.3 Å². The minimum absolute atomic E-state index is 0.0266. The first kappa shape index (κ1) is 20.2. The van der Waals surface area contributed by atoms with E-state index in [9.17, 15) is 14.4 Å². The fourth-order valence-corrected chi connectivity index (χ4v) is 2.65. The van der Waals surface area contributed by atoms with E-state index in [1.807, 2.05) is 36.4 Å². The van der Waals surface area contributed by atoms with Crippen LogP contribution < -0.4 is 10.6 Å². The number of carboxylic acids is 1. The van der Waals surface area contributed by atoms with Gasteiger partial charge in [-0.1, -0.05) is 48.5 Å². The summed E-state index contributed by atoms with van der Waals surface area (Å²) in [7, 11) is 0. The normalized spacial score (nSPS) is 12.6. The second-order valence-corrected chi connectivity index (χ2v) is 6.42. The van der Waals surface area contributed by atoms with Crippen LogP contribution in [0.1, 0.15) is 35.7 Å².